The van der Waals surface area contributed by atoms with Crippen molar-refractivity contribution in [2.45, 2.75) is 19.4 Å². The van der Waals surface area contributed by atoms with Crippen molar-refractivity contribution in [2.75, 3.05) is 15.9 Å². The molecule has 0 radical (unpaired) electrons. The summed E-state index contributed by atoms with van der Waals surface area (Å²) in [6.45, 7) is 1.71. The number of hydrogen-bond donors (Lipinski definition) is 1. The van der Waals surface area contributed by atoms with Gasteiger partial charge in [0.15, 0.2) is 0 Å². The molecule has 0 aliphatic carbocycles. The lowest BCUT2D eigenvalue weighted by Crippen LogP contribution is -2.47. The highest BCUT2D eigenvalue weighted by molar-refractivity contribution is 7.92. The van der Waals surface area contributed by atoms with Crippen LogP contribution in [0.2, 0.25) is 15.1 Å². The van der Waals surface area contributed by atoms with Gasteiger partial charge >= 0.3 is 0 Å². The van der Waals surface area contributed by atoms with Gasteiger partial charge in [-0.2, -0.15) is 0 Å². The molecule has 1 amide bonds. The van der Waals surface area contributed by atoms with E-state index in [0.717, 1.165) is 10.6 Å². The maximum absolute atomic E-state index is 12.8. The summed E-state index contributed by atoms with van der Waals surface area (Å²) in [7, 11) is -3.74. The van der Waals surface area contributed by atoms with Gasteiger partial charge in [-0.05, 0) is 42.8 Å². The molecule has 1 N–H and O–H groups in total. The van der Waals surface area contributed by atoms with Gasteiger partial charge in [0.1, 0.15) is 6.04 Å². The molecule has 2 aromatic carbocycles. The Kier molecular flexibility index (Phi) is 6.80. The summed E-state index contributed by atoms with van der Waals surface area (Å²) >= 11 is 18.0. The zero-order valence-corrected chi connectivity index (χ0v) is 17.1. The number of benzene rings is 2. The van der Waals surface area contributed by atoms with Gasteiger partial charge in [-0.3, -0.25) is 9.10 Å². The maximum Gasteiger partial charge on any atom is 0.248 e. The fraction of sp³-hybridized carbons (Fsp3) is 0.235. The monoisotopic (exact) mass is 434 g/mol. The summed E-state index contributed by atoms with van der Waals surface area (Å²) in [4.78, 5) is 12.8. The molecular formula is C17H17Cl3N2O3S. The minimum absolute atomic E-state index is 0.240. The quantitative estimate of drug-likeness (QED) is 0.706. The van der Waals surface area contributed by atoms with Crippen molar-refractivity contribution in [1.29, 1.82) is 0 Å². The molecule has 0 unspecified atom stereocenters. The number of amides is 1. The molecule has 26 heavy (non-hydrogen) atoms. The molecule has 0 heterocycles. The summed E-state index contributed by atoms with van der Waals surface area (Å²) < 4.78 is 25.8. The average molecular weight is 436 g/mol. The molecule has 1 atom stereocenters. The molecule has 140 valence electrons. The summed E-state index contributed by atoms with van der Waals surface area (Å²) in [5, 5.41) is 3.61. The second-order valence-corrected chi connectivity index (χ2v) is 8.66. The topological polar surface area (TPSA) is 66.5 Å². The Morgan fingerprint density at radius 2 is 1.62 bits per heavy atom. The van der Waals surface area contributed by atoms with E-state index in [1.165, 1.54) is 0 Å². The number of carbonyl (C=O) groups is 1. The van der Waals surface area contributed by atoms with E-state index < -0.39 is 22.0 Å². The molecule has 0 aliphatic heterocycles. The third-order valence-electron chi connectivity index (χ3n) is 3.62. The molecule has 2 aromatic rings. The normalized spacial score (nSPS) is 12.5. The Morgan fingerprint density at radius 3 is 2.08 bits per heavy atom. The third-order valence-corrected chi connectivity index (χ3v) is 5.68. The van der Waals surface area contributed by atoms with Gasteiger partial charge in [0.05, 0.1) is 27.7 Å². The van der Waals surface area contributed by atoms with Crippen LogP contribution >= 0.6 is 34.8 Å². The molecule has 5 nitrogen and oxygen atoms in total. The zero-order valence-electron chi connectivity index (χ0n) is 14.0. The fourth-order valence-corrected chi connectivity index (χ4v) is 4.30. The van der Waals surface area contributed by atoms with E-state index in [0.29, 0.717) is 10.7 Å². The summed E-state index contributed by atoms with van der Waals surface area (Å²) in [6.07, 6.45) is 1.28. The van der Waals surface area contributed by atoms with E-state index in [9.17, 15) is 13.2 Å². The molecule has 2 rings (SSSR count). The van der Waals surface area contributed by atoms with E-state index in [-0.39, 0.29) is 22.2 Å². The van der Waals surface area contributed by atoms with Crippen molar-refractivity contribution in [3.63, 3.8) is 0 Å². The Bertz CT molecular complexity index is 882. The minimum Gasteiger partial charge on any atom is -0.322 e. The van der Waals surface area contributed by atoms with E-state index >= 15 is 0 Å². The summed E-state index contributed by atoms with van der Waals surface area (Å²) in [5.41, 5.74) is 0.577. The second-order valence-electron chi connectivity index (χ2n) is 5.55. The van der Waals surface area contributed by atoms with E-state index in [1.807, 2.05) is 0 Å². The third kappa shape index (κ3) is 4.82. The molecule has 0 bridgehead atoms. The largest absolute Gasteiger partial charge is 0.322 e. The van der Waals surface area contributed by atoms with Gasteiger partial charge in [-0.15, -0.1) is 0 Å². The number of para-hydroxylation sites is 1. The van der Waals surface area contributed by atoms with Crippen LogP contribution in [0.25, 0.3) is 0 Å². The number of hydrogen-bond acceptors (Lipinski definition) is 3. The number of halogens is 3. The van der Waals surface area contributed by atoms with Crippen LogP contribution in [-0.4, -0.2) is 26.6 Å². The molecule has 0 aliphatic rings. The van der Waals surface area contributed by atoms with Crippen molar-refractivity contribution < 1.29 is 13.2 Å². The van der Waals surface area contributed by atoms with Crippen molar-refractivity contribution >= 4 is 62.1 Å². The molecule has 0 saturated carbocycles. The van der Waals surface area contributed by atoms with Crippen LogP contribution < -0.4 is 9.62 Å². The van der Waals surface area contributed by atoms with Crippen LogP contribution in [-0.2, 0) is 14.8 Å². The zero-order chi connectivity index (χ0) is 19.5. The first-order chi connectivity index (χ1) is 12.1. The van der Waals surface area contributed by atoms with Crippen molar-refractivity contribution in [2.24, 2.45) is 0 Å². The molecule has 9 heteroatoms. The highest BCUT2D eigenvalue weighted by Gasteiger charge is 2.32. The van der Waals surface area contributed by atoms with Gasteiger partial charge in [0, 0.05) is 5.02 Å². The lowest BCUT2D eigenvalue weighted by Gasteiger charge is -2.30. The van der Waals surface area contributed by atoms with E-state index in [1.54, 1.807) is 49.4 Å². The standard InChI is InChI=1S/C17H17Cl3N2O3S/c1-3-15(17(23)21-16-13(19)5-4-6-14(16)20)22(26(2,24)25)12-9-7-11(18)8-10-12/h4-10,15H,3H2,1-2H3,(H,21,23)/t15-/m1/s1. The predicted molar refractivity (Wildman–Crippen MR) is 108 cm³/mol. The smallest absolute Gasteiger partial charge is 0.248 e. The first-order valence-electron chi connectivity index (χ1n) is 7.65. The molecule has 0 spiro atoms. The SMILES string of the molecule is CC[C@H](C(=O)Nc1c(Cl)cccc1Cl)N(c1ccc(Cl)cc1)S(C)(=O)=O. The second kappa shape index (κ2) is 8.48. The highest BCUT2D eigenvalue weighted by atomic mass is 35.5. The molecule has 0 saturated heterocycles. The Morgan fingerprint density at radius 1 is 1.08 bits per heavy atom. The number of nitrogens with zero attached hydrogens (tertiary/aromatic N) is 1. The van der Waals surface area contributed by atoms with Crippen LogP contribution in [0.1, 0.15) is 13.3 Å². The number of rotatable bonds is 6. The van der Waals surface area contributed by atoms with E-state index in [2.05, 4.69) is 5.32 Å². The Balaban J connectivity index is 2.41. The summed E-state index contributed by atoms with van der Waals surface area (Å²) in [6, 6.07) is 10.0. The highest BCUT2D eigenvalue weighted by Crippen LogP contribution is 2.31. The number of carbonyl (C=O) groups excluding carboxylic acids is 1. The first kappa shape index (κ1) is 20.8. The Hall–Kier alpha value is -1.47. The fourth-order valence-electron chi connectivity index (χ4n) is 2.47. The van der Waals surface area contributed by atoms with Crippen LogP contribution in [0.4, 0.5) is 11.4 Å². The number of sulfonamides is 1. The van der Waals surface area contributed by atoms with Gasteiger partial charge in [-0.1, -0.05) is 47.8 Å². The van der Waals surface area contributed by atoms with Gasteiger partial charge in [0.2, 0.25) is 15.9 Å². The molecular weight excluding hydrogens is 419 g/mol. The summed E-state index contributed by atoms with van der Waals surface area (Å²) in [5.74, 6) is -0.539. The van der Waals surface area contributed by atoms with Crippen LogP contribution in [0.15, 0.2) is 42.5 Å². The van der Waals surface area contributed by atoms with Gasteiger partial charge in [0.25, 0.3) is 0 Å². The van der Waals surface area contributed by atoms with E-state index in [4.69, 9.17) is 34.8 Å². The minimum atomic E-state index is -3.74. The lowest BCUT2D eigenvalue weighted by atomic mass is 10.2. The number of anilines is 2. The number of nitrogens with one attached hydrogen (secondary N) is 1. The van der Waals surface area contributed by atoms with Crippen LogP contribution in [0.5, 0.6) is 0 Å². The molecule has 0 aromatic heterocycles. The van der Waals surface area contributed by atoms with Crippen LogP contribution in [0.3, 0.4) is 0 Å². The predicted octanol–water partition coefficient (Wildman–Crippen LogP) is 4.83. The van der Waals surface area contributed by atoms with Gasteiger partial charge < -0.3 is 5.32 Å². The van der Waals surface area contributed by atoms with Crippen molar-refractivity contribution in [3.8, 4) is 0 Å². The Labute approximate surface area is 167 Å². The molecule has 0 fully saturated rings. The van der Waals surface area contributed by atoms with Crippen molar-refractivity contribution in [3.05, 3.63) is 57.5 Å². The first-order valence-corrected chi connectivity index (χ1v) is 10.6. The maximum atomic E-state index is 12.8. The van der Waals surface area contributed by atoms with Crippen LogP contribution in [0, 0.1) is 0 Å². The average Bonchev–Trinajstić information content (AvgIpc) is 2.56. The lowest BCUT2D eigenvalue weighted by molar-refractivity contribution is -0.117. The van der Waals surface area contributed by atoms with Crippen molar-refractivity contribution in [1.82, 2.24) is 0 Å². The van der Waals surface area contributed by atoms with Gasteiger partial charge in [-0.25, -0.2) is 8.42 Å².